The van der Waals surface area contributed by atoms with E-state index in [2.05, 4.69) is 59.3 Å². The van der Waals surface area contributed by atoms with Crippen LogP contribution in [0.25, 0.3) is 0 Å². The van der Waals surface area contributed by atoms with Crippen LogP contribution in [0.15, 0.2) is 36.4 Å². The Morgan fingerprint density at radius 1 is 0.969 bits per heavy atom. The first-order valence-electron chi connectivity index (χ1n) is 11.7. The summed E-state index contributed by atoms with van der Waals surface area (Å²) in [6, 6.07) is 12.8. The van der Waals surface area contributed by atoms with Gasteiger partial charge in [-0.05, 0) is 74.6 Å². The summed E-state index contributed by atoms with van der Waals surface area (Å²) in [7, 11) is 5.80. The molecule has 2 aromatic rings. The molecule has 32 heavy (non-hydrogen) atoms. The lowest BCUT2D eigenvalue weighted by Crippen LogP contribution is -2.31. The smallest absolute Gasteiger partial charge is 0.161 e. The van der Waals surface area contributed by atoms with Crippen LogP contribution in [0, 0.1) is 0 Å². The summed E-state index contributed by atoms with van der Waals surface area (Å²) in [5.74, 6) is 2.52. The van der Waals surface area contributed by atoms with Crippen molar-refractivity contribution in [3.63, 3.8) is 0 Å². The predicted octanol–water partition coefficient (Wildman–Crippen LogP) is 3.59. The zero-order valence-electron chi connectivity index (χ0n) is 20.3. The molecule has 2 aromatic carbocycles. The molecule has 6 nitrogen and oxygen atoms in total. The van der Waals surface area contributed by atoms with Crippen LogP contribution in [-0.2, 0) is 6.42 Å². The van der Waals surface area contributed by atoms with Gasteiger partial charge in [0.05, 0.1) is 13.2 Å². The molecule has 0 saturated carbocycles. The van der Waals surface area contributed by atoms with Crippen molar-refractivity contribution in [2.24, 2.45) is 0 Å². The van der Waals surface area contributed by atoms with Gasteiger partial charge >= 0.3 is 0 Å². The standard InChI is InChI=1S/C26H39N3O3/c1-6-29(7-2)14-16-31-22-10-8-9-21(17-22)26-23-19-25(32-15-13-28(3)4)24(30-5)18-20(23)11-12-27-26/h8-10,17-19,26-27H,6-7,11-16H2,1-5H3. The molecule has 0 fully saturated rings. The largest absolute Gasteiger partial charge is 0.493 e. The van der Waals surface area contributed by atoms with E-state index in [-0.39, 0.29) is 6.04 Å². The Bertz CT molecular complexity index is 852. The SMILES string of the molecule is CCN(CC)CCOc1cccc(C2NCCc3cc(OC)c(OCCN(C)C)cc32)c1. The summed E-state index contributed by atoms with van der Waals surface area (Å²) in [4.78, 5) is 4.48. The number of nitrogens with one attached hydrogen (secondary N) is 1. The number of benzene rings is 2. The van der Waals surface area contributed by atoms with E-state index in [4.69, 9.17) is 14.2 Å². The maximum Gasteiger partial charge on any atom is 0.161 e. The highest BCUT2D eigenvalue weighted by Crippen LogP contribution is 2.38. The van der Waals surface area contributed by atoms with Gasteiger partial charge in [-0.3, -0.25) is 0 Å². The van der Waals surface area contributed by atoms with Crippen LogP contribution >= 0.6 is 0 Å². The van der Waals surface area contributed by atoms with Crippen LogP contribution in [0.3, 0.4) is 0 Å². The predicted molar refractivity (Wildman–Crippen MR) is 130 cm³/mol. The van der Waals surface area contributed by atoms with E-state index < -0.39 is 0 Å². The van der Waals surface area contributed by atoms with Gasteiger partial charge in [0.1, 0.15) is 19.0 Å². The van der Waals surface area contributed by atoms with E-state index in [0.717, 1.165) is 56.4 Å². The van der Waals surface area contributed by atoms with Crippen LogP contribution in [0.1, 0.15) is 36.6 Å². The average Bonchev–Trinajstić information content (AvgIpc) is 2.81. The first kappa shape index (κ1) is 24.4. The molecule has 3 rings (SSSR count). The summed E-state index contributed by atoms with van der Waals surface area (Å²) in [5.41, 5.74) is 3.76. The minimum atomic E-state index is 0.104. The van der Waals surface area contributed by atoms with Crippen molar-refractivity contribution in [2.75, 3.05) is 67.1 Å². The van der Waals surface area contributed by atoms with Crippen LogP contribution < -0.4 is 19.5 Å². The highest BCUT2D eigenvalue weighted by molar-refractivity contribution is 5.52. The summed E-state index contributed by atoms with van der Waals surface area (Å²) in [6.45, 7) is 10.5. The second-order valence-corrected chi connectivity index (χ2v) is 8.44. The Morgan fingerprint density at radius 2 is 1.75 bits per heavy atom. The van der Waals surface area contributed by atoms with Crippen molar-refractivity contribution in [3.8, 4) is 17.2 Å². The third kappa shape index (κ3) is 6.37. The number of ether oxygens (including phenoxy) is 3. The topological polar surface area (TPSA) is 46.2 Å². The summed E-state index contributed by atoms with van der Waals surface area (Å²) in [5, 5.41) is 3.68. The van der Waals surface area contributed by atoms with Crippen LogP contribution in [-0.4, -0.2) is 76.9 Å². The molecule has 0 aliphatic carbocycles. The summed E-state index contributed by atoms with van der Waals surface area (Å²) < 4.78 is 17.8. The van der Waals surface area contributed by atoms with Crippen LogP contribution in [0.2, 0.25) is 0 Å². The van der Waals surface area contributed by atoms with Crippen molar-refractivity contribution in [1.29, 1.82) is 0 Å². The van der Waals surface area contributed by atoms with Gasteiger partial charge in [0, 0.05) is 19.6 Å². The number of fused-ring (bicyclic) bond motifs is 1. The zero-order chi connectivity index (χ0) is 22.9. The van der Waals surface area contributed by atoms with Crippen molar-refractivity contribution in [3.05, 3.63) is 53.1 Å². The molecule has 0 amide bonds. The minimum Gasteiger partial charge on any atom is -0.493 e. The molecule has 0 spiro atoms. The molecule has 0 aromatic heterocycles. The maximum absolute atomic E-state index is 6.09. The highest BCUT2D eigenvalue weighted by Gasteiger charge is 2.24. The molecule has 0 bridgehead atoms. The number of hydrogen-bond acceptors (Lipinski definition) is 6. The van der Waals surface area contributed by atoms with Crippen molar-refractivity contribution >= 4 is 0 Å². The Balaban J connectivity index is 1.78. The number of methoxy groups -OCH3 is 1. The monoisotopic (exact) mass is 441 g/mol. The summed E-state index contributed by atoms with van der Waals surface area (Å²) in [6.07, 6.45) is 0.972. The van der Waals surface area contributed by atoms with Crippen molar-refractivity contribution in [1.82, 2.24) is 15.1 Å². The quantitative estimate of drug-likeness (QED) is 0.543. The summed E-state index contributed by atoms with van der Waals surface area (Å²) >= 11 is 0. The molecule has 1 N–H and O–H groups in total. The van der Waals surface area contributed by atoms with Gasteiger partial charge in [0.15, 0.2) is 11.5 Å². The van der Waals surface area contributed by atoms with E-state index in [1.807, 2.05) is 20.2 Å². The Morgan fingerprint density at radius 3 is 2.47 bits per heavy atom. The number of hydrogen-bond donors (Lipinski definition) is 1. The fraction of sp³-hybridized carbons (Fsp3) is 0.538. The van der Waals surface area contributed by atoms with Gasteiger partial charge in [-0.1, -0.05) is 26.0 Å². The molecule has 1 atom stereocenters. The first-order chi connectivity index (χ1) is 15.5. The molecule has 1 aliphatic heterocycles. The molecule has 6 heteroatoms. The van der Waals surface area contributed by atoms with Crippen LogP contribution in [0.5, 0.6) is 17.2 Å². The molecule has 0 saturated heterocycles. The maximum atomic E-state index is 6.09. The Labute approximate surface area is 193 Å². The van der Waals surface area contributed by atoms with E-state index in [9.17, 15) is 0 Å². The fourth-order valence-corrected chi connectivity index (χ4v) is 4.09. The first-order valence-corrected chi connectivity index (χ1v) is 11.7. The lowest BCUT2D eigenvalue weighted by molar-refractivity contribution is 0.222. The van der Waals surface area contributed by atoms with Crippen molar-refractivity contribution < 1.29 is 14.2 Å². The van der Waals surface area contributed by atoms with Gasteiger partial charge < -0.3 is 29.3 Å². The second-order valence-electron chi connectivity index (χ2n) is 8.44. The van der Waals surface area contributed by atoms with E-state index >= 15 is 0 Å². The molecule has 176 valence electrons. The van der Waals surface area contributed by atoms with Gasteiger partial charge in [0.25, 0.3) is 0 Å². The molecule has 1 unspecified atom stereocenters. The fourth-order valence-electron chi connectivity index (χ4n) is 4.09. The molecular weight excluding hydrogens is 402 g/mol. The molecular formula is C26H39N3O3. The third-order valence-corrected chi connectivity index (χ3v) is 6.04. The van der Waals surface area contributed by atoms with Gasteiger partial charge in [-0.25, -0.2) is 0 Å². The Hall–Kier alpha value is -2.28. The normalized spacial score (nSPS) is 15.7. The Kier molecular flexibility index (Phi) is 9.21. The van der Waals surface area contributed by atoms with E-state index in [0.29, 0.717) is 13.2 Å². The van der Waals surface area contributed by atoms with Gasteiger partial charge in [-0.2, -0.15) is 0 Å². The number of likely N-dealkylation sites (N-methyl/N-ethyl adjacent to an activating group) is 2. The van der Waals surface area contributed by atoms with Gasteiger partial charge in [-0.15, -0.1) is 0 Å². The second kappa shape index (κ2) is 12.1. The van der Waals surface area contributed by atoms with E-state index in [1.165, 1.54) is 16.7 Å². The van der Waals surface area contributed by atoms with E-state index in [1.54, 1.807) is 7.11 Å². The lowest BCUT2D eigenvalue weighted by atomic mass is 9.89. The average molecular weight is 442 g/mol. The molecule has 1 heterocycles. The number of nitrogens with zero attached hydrogens (tertiary/aromatic N) is 2. The highest BCUT2D eigenvalue weighted by atomic mass is 16.5. The number of rotatable bonds is 12. The lowest BCUT2D eigenvalue weighted by Gasteiger charge is -2.29. The molecule has 1 aliphatic rings. The minimum absolute atomic E-state index is 0.104. The zero-order valence-corrected chi connectivity index (χ0v) is 20.3. The third-order valence-electron chi connectivity index (χ3n) is 6.04. The van der Waals surface area contributed by atoms with Crippen LogP contribution in [0.4, 0.5) is 0 Å². The van der Waals surface area contributed by atoms with Gasteiger partial charge in [0.2, 0.25) is 0 Å². The van der Waals surface area contributed by atoms with Crippen molar-refractivity contribution in [2.45, 2.75) is 26.3 Å². The molecule has 0 radical (unpaired) electrons.